The van der Waals surface area contributed by atoms with Gasteiger partial charge in [0.2, 0.25) is 0 Å². The molecule has 2 atom stereocenters. The molecular formula is C17H29ClN4. The highest BCUT2D eigenvalue weighted by Gasteiger charge is 2.21. The molecule has 4 nitrogen and oxygen atoms in total. The van der Waals surface area contributed by atoms with Gasteiger partial charge in [-0.25, -0.2) is 0 Å². The predicted octanol–water partition coefficient (Wildman–Crippen LogP) is 2.01. The van der Waals surface area contributed by atoms with Crippen molar-refractivity contribution in [1.29, 1.82) is 0 Å². The van der Waals surface area contributed by atoms with Crippen molar-refractivity contribution in [1.82, 2.24) is 10.6 Å². The standard InChI is InChI=1S/C17H28N4.ClH/c1-13-10-16(21-9-6-18-11-15(21)3)4-5-17(13)20-8-7-19-14(2)12-20;/h4-5,10,14-15,18-19H,6-9,11-12H2,1-3H3;1H/t14-,15-;/m0./s1. The minimum atomic E-state index is 0. The van der Waals surface area contributed by atoms with Gasteiger partial charge >= 0.3 is 0 Å². The Labute approximate surface area is 140 Å². The minimum absolute atomic E-state index is 0. The average molecular weight is 325 g/mol. The van der Waals surface area contributed by atoms with E-state index in [4.69, 9.17) is 0 Å². The van der Waals surface area contributed by atoms with Gasteiger partial charge in [-0.1, -0.05) is 0 Å². The number of piperazine rings is 2. The summed E-state index contributed by atoms with van der Waals surface area (Å²) >= 11 is 0. The summed E-state index contributed by atoms with van der Waals surface area (Å²) in [5, 5.41) is 6.97. The third-order valence-corrected chi connectivity index (χ3v) is 4.72. The van der Waals surface area contributed by atoms with Gasteiger partial charge in [0.25, 0.3) is 0 Å². The Morgan fingerprint density at radius 2 is 1.95 bits per heavy atom. The highest BCUT2D eigenvalue weighted by molar-refractivity contribution is 5.85. The van der Waals surface area contributed by atoms with Crippen LogP contribution < -0.4 is 20.4 Å². The molecule has 0 saturated carbocycles. The highest BCUT2D eigenvalue weighted by atomic mass is 35.5. The van der Waals surface area contributed by atoms with Gasteiger partial charge in [0.15, 0.2) is 0 Å². The fourth-order valence-electron chi connectivity index (χ4n) is 3.55. The number of aryl methyl sites for hydroxylation is 1. The molecule has 0 spiro atoms. The summed E-state index contributed by atoms with van der Waals surface area (Å²) in [5.41, 5.74) is 4.16. The lowest BCUT2D eigenvalue weighted by Crippen LogP contribution is -2.50. The number of anilines is 2. The smallest absolute Gasteiger partial charge is 0.0398 e. The van der Waals surface area contributed by atoms with Crippen LogP contribution in [0, 0.1) is 6.92 Å². The van der Waals surface area contributed by atoms with Crippen LogP contribution in [0.5, 0.6) is 0 Å². The second kappa shape index (κ2) is 7.53. The van der Waals surface area contributed by atoms with E-state index in [2.05, 4.69) is 59.4 Å². The number of rotatable bonds is 2. The first-order chi connectivity index (χ1) is 10.1. The van der Waals surface area contributed by atoms with Crippen LogP contribution in [-0.4, -0.2) is 51.4 Å². The summed E-state index contributed by atoms with van der Waals surface area (Å²) in [6.45, 7) is 13.4. The van der Waals surface area contributed by atoms with Gasteiger partial charge in [-0.05, 0) is 44.5 Å². The minimum Gasteiger partial charge on any atom is -0.368 e. The molecule has 1 aromatic rings. The lowest BCUT2D eigenvalue weighted by molar-refractivity contribution is 0.484. The molecule has 2 N–H and O–H groups in total. The van der Waals surface area contributed by atoms with E-state index in [1.165, 1.54) is 16.9 Å². The first-order valence-electron chi connectivity index (χ1n) is 8.21. The molecule has 5 heteroatoms. The Morgan fingerprint density at radius 1 is 1.14 bits per heavy atom. The van der Waals surface area contributed by atoms with Crippen LogP contribution >= 0.6 is 12.4 Å². The zero-order chi connectivity index (χ0) is 14.8. The molecule has 3 rings (SSSR count). The van der Waals surface area contributed by atoms with Gasteiger partial charge in [0.1, 0.15) is 0 Å². The summed E-state index contributed by atoms with van der Waals surface area (Å²) in [5.74, 6) is 0. The number of nitrogens with zero attached hydrogens (tertiary/aromatic N) is 2. The van der Waals surface area contributed by atoms with Gasteiger partial charge in [0, 0.05) is 62.7 Å². The van der Waals surface area contributed by atoms with E-state index in [-0.39, 0.29) is 12.4 Å². The first-order valence-corrected chi connectivity index (χ1v) is 8.21. The molecule has 2 aliphatic heterocycles. The van der Waals surface area contributed by atoms with Crippen molar-refractivity contribution in [3.63, 3.8) is 0 Å². The Morgan fingerprint density at radius 3 is 2.64 bits per heavy atom. The molecule has 0 aliphatic carbocycles. The molecule has 0 amide bonds. The Balaban J connectivity index is 0.00000176. The second-order valence-electron chi connectivity index (χ2n) is 6.52. The number of benzene rings is 1. The number of hydrogen-bond donors (Lipinski definition) is 2. The third-order valence-electron chi connectivity index (χ3n) is 4.72. The molecule has 124 valence electrons. The van der Waals surface area contributed by atoms with E-state index >= 15 is 0 Å². The summed E-state index contributed by atoms with van der Waals surface area (Å²) in [7, 11) is 0. The van der Waals surface area contributed by atoms with E-state index in [1.54, 1.807) is 0 Å². The van der Waals surface area contributed by atoms with E-state index < -0.39 is 0 Å². The molecular weight excluding hydrogens is 296 g/mol. The molecule has 0 bridgehead atoms. The molecule has 2 saturated heterocycles. The normalized spacial score (nSPS) is 25.8. The molecule has 22 heavy (non-hydrogen) atoms. The summed E-state index contributed by atoms with van der Waals surface area (Å²) in [4.78, 5) is 5.04. The number of hydrogen-bond acceptors (Lipinski definition) is 4. The highest BCUT2D eigenvalue weighted by Crippen LogP contribution is 2.27. The van der Waals surface area contributed by atoms with Crippen LogP contribution in [0.1, 0.15) is 19.4 Å². The van der Waals surface area contributed by atoms with E-state index in [0.29, 0.717) is 12.1 Å². The molecule has 0 radical (unpaired) electrons. The van der Waals surface area contributed by atoms with E-state index in [9.17, 15) is 0 Å². The topological polar surface area (TPSA) is 30.5 Å². The first kappa shape index (κ1) is 17.4. The molecule has 2 aliphatic rings. The summed E-state index contributed by atoms with van der Waals surface area (Å²) < 4.78 is 0. The maximum absolute atomic E-state index is 3.51. The summed E-state index contributed by atoms with van der Waals surface area (Å²) in [6, 6.07) is 8.13. The SMILES string of the molecule is Cc1cc(N2CCNC[C@@H]2C)ccc1N1CCN[C@@H](C)C1.Cl. The van der Waals surface area contributed by atoms with Gasteiger partial charge < -0.3 is 20.4 Å². The zero-order valence-corrected chi connectivity index (χ0v) is 14.7. The zero-order valence-electron chi connectivity index (χ0n) is 13.9. The van der Waals surface area contributed by atoms with Crippen molar-refractivity contribution in [2.75, 3.05) is 49.1 Å². The molecule has 0 unspecified atom stereocenters. The lowest BCUT2D eigenvalue weighted by atomic mass is 10.1. The Bertz CT molecular complexity index is 494. The predicted molar refractivity (Wildman–Crippen MR) is 97.8 cm³/mol. The largest absolute Gasteiger partial charge is 0.368 e. The monoisotopic (exact) mass is 324 g/mol. The van der Waals surface area contributed by atoms with E-state index in [0.717, 1.165) is 39.3 Å². The molecule has 0 aromatic heterocycles. The maximum Gasteiger partial charge on any atom is 0.0398 e. The lowest BCUT2D eigenvalue weighted by Gasteiger charge is -2.37. The van der Waals surface area contributed by atoms with E-state index in [1.807, 2.05) is 0 Å². The fraction of sp³-hybridized carbons (Fsp3) is 0.647. The number of halogens is 1. The average Bonchev–Trinajstić information content (AvgIpc) is 2.47. The van der Waals surface area contributed by atoms with Gasteiger partial charge in [0.05, 0.1) is 0 Å². The van der Waals surface area contributed by atoms with Crippen molar-refractivity contribution >= 4 is 23.8 Å². The fourth-order valence-corrected chi connectivity index (χ4v) is 3.55. The number of nitrogens with one attached hydrogen (secondary N) is 2. The Hall–Kier alpha value is -0.970. The molecule has 1 aromatic carbocycles. The van der Waals surface area contributed by atoms with Crippen LogP contribution in [0.4, 0.5) is 11.4 Å². The van der Waals surface area contributed by atoms with Gasteiger partial charge in [-0.2, -0.15) is 0 Å². The van der Waals surface area contributed by atoms with Crippen LogP contribution in [0.3, 0.4) is 0 Å². The second-order valence-corrected chi connectivity index (χ2v) is 6.52. The van der Waals surface area contributed by atoms with Crippen LogP contribution in [-0.2, 0) is 0 Å². The van der Waals surface area contributed by atoms with Crippen molar-refractivity contribution in [3.05, 3.63) is 23.8 Å². The van der Waals surface area contributed by atoms with Crippen molar-refractivity contribution in [2.45, 2.75) is 32.9 Å². The van der Waals surface area contributed by atoms with Crippen molar-refractivity contribution < 1.29 is 0 Å². The van der Waals surface area contributed by atoms with Crippen molar-refractivity contribution in [2.24, 2.45) is 0 Å². The quantitative estimate of drug-likeness (QED) is 0.871. The maximum atomic E-state index is 3.51. The van der Waals surface area contributed by atoms with Crippen LogP contribution in [0.15, 0.2) is 18.2 Å². The Kier molecular flexibility index (Phi) is 5.95. The van der Waals surface area contributed by atoms with Crippen LogP contribution in [0.25, 0.3) is 0 Å². The van der Waals surface area contributed by atoms with Crippen molar-refractivity contribution in [3.8, 4) is 0 Å². The molecule has 2 heterocycles. The van der Waals surface area contributed by atoms with Gasteiger partial charge in [-0.3, -0.25) is 0 Å². The van der Waals surface area contributed by atoms with Gasteiger partial charge in [-0.15, -0.1) is 12.4 Å². The van der Waals surface area contributed by atoms with Crippen LogP contribution in [0.2, 0.25) is 0 Å². The third kappa shape index (κ3) is 3.67. The summed E-state index contributed by atoms with van der Waals surface area (Å²) in [6.07, 6.45) is 0. The molecule has 2 fully saturated rings.